The molecule has 88 valence electrons. The van der Waals surface area contributed by atoms with Crippen LogP contribution in [0.1, 0.15) is 25.7 Å². The van der Waals surface area contributed by atoms with Gasteiger partial charge in [0.25, 0.3) is 0 Å². The van der Waals surface area contributed by atoms with E-state index in [0.717, 1.165) is 36.2 Å². The first-order chi connectivity index (χ1) is 7.74. The zero-order valence-corrected chi connectivity index (χ0v) is 10.8. The lowest BCUT2D eigenvalue weighted by atomic mass is 9.87. The van der Waals surface area contributed by atoms with E-state index in [2.05, 4.69) is 26.2 Å². The summed E-state index contributed by atoms with van der Waals surface area (Å²) in [6.45, 7) is 0.903. The van der Waals surface area contributed by atoms with E-state index in [9.17, 15) is 5.11 Å². The van der Waals surface area contributed by atoms with Crippen molar-refractivity contribution in [1.29, 1.82) is 0 Å². The van der Waals surface area contributed by atoms with Gasteiger partial charge in [-0.05, 0) is 53.2 Å². The minimum atomic E-state index is -0.101. The maximum Gasteiger partial charge on any atom is 0.127 e. The number of hydrogen-bond acceptors (Lipinski definition) is 3. The average molecular weight is 285 g/mol. The predicted octanol–water partition coefficient (Wildman–Crippen LogP) is 2.81. The molecule has 0 bridgehead atoms. The normalized spacial score (nSPS) is 25.4. The first kappa shape index (κ1) is 11.9. The van der Waals surface area contributed by atoms with Gasteiger partial charge >= 0.3 is 0 Å². The van der Waals surface area contributed by atoms with E-state index in [0.29, 0.717) is 5.92 Å². The molecule has 16 heavy (non-hydrogen) atoms. The van der Waals surface area contributed by atoms with Crippen LogP contribution in [0.15, 0.2) is 22.8 Å². The Morgan fingerprint density at radius 1 is 1.44 bits per heavy atom. The van der Waals surface area contributed by atoms with Crippen LogP contribution in [0.3, 0.4) is 0 Å². The second-order valence-corrected chi connectivity index (χ2v) is 5.23. The molecule has 2 unspecified atom stereocenters. The van der Waals surface area contributed by atoms with Crippen molar-refractivity contribution in [2.24, 2.45) is 5.92 Å². The number of nitrogens with zero attached hydrogens (tertiary/aromatic N) is 1. The number of halogens is 1. The highest BCUT2D eigenvalue weighted by atomic mass is 79.9. The number of aliphatic hydroxyl groups is 1. The van der Waals surface area contributed by atoms with Gasteiger partial charge in [-0.1, -0.05) is 12.5 Å². The van der Waals surface area contributed by atoms with Gasteiger partial charge < -0.3 is 10.4 Å². The van der Waals surface area contributed by atoms with Crippen molar-refractivity contribution in [3.63, 3.8) is 0 Å². The Balaban J connectivity index is 1.82. The average Bonchev–Trinajstić information content (AvgIpc) is 2.27. The maximum absolute atomic E-state index is 9.57. The van der Waals surface area contributed by atoms with Gasteiger partial charge in [-0.25, -0.2) is 4.98 Å². The molecule has 2 rings (SSSR count). The summed E-state index contributed by atoms with van der Waals surface area (Å²) in [4.78, 5) is 4.32. The fourth-order valence-corrected chi connectivity index (χ4v) is 2.55. The van der Waals surface area contributed by atoms with Gasteiger partial charge in [0.05, 0.1) is 6.10 Å². The second-order valence-electron chi connectivity index (χ2n) is 4.41. The van der Waals surface area contributed by atoms with Crippen LogP contribution in [0.25, 0.3) is 0 Å². The summed E-state index contributed by atoms with van der Waals surface area (Å²) < 4.78 is 0.848. The Kier molecular flexibility index (Phi) is 4.18. The summed E-state index contributed by atoms with van der Waals surface area (Å²) in [7, 11) is 0. The monoisotopic (exact) mass is 284 g/mol. The highest BCUT2D eigenvalue weighted by molar-refractivity contribution is 9.10. The molecule has 2 atom stereocenters. The summed E-state index contributed by atoms with van der Waals surface area (Å²) >= 11 is 3.35. The fraction of sp³-hybridized carbons (Fsp3) is 0.583. The molecule has 1 heterocycles. The molecule has 0 radical (unpaired) electrons. The zero-order valence-electron chi connectivity index (χ0n) is 9.19. The van der Waals surface area contributed by atoms with Crippen molar-refractivity contribution < 1.29 is 5.11 Å². The lowest BCUT2D eigenvalue weighted by Gasteiger charge is -2.26. The van der Waals surface area contributed by atoms with Crippen LogP contribution in [0.4, 0.5) is 5.82 Å². The molecular weight excluding hydrogens is 268 g/mol. The minimum absolute atomic E-state index is 0.101. The lowest BCUT2D eigenvalue weighted by molar-refractivity contribution is 0.104. The van der Waals surface area contributed by atoms with E-state index in [4.69, 9.17) is 0 Å². The summed E-state index contributed by atoms with van der Waals surface area (Å²) in [6.07, 6.45) is 4.13. The smallest absolute Gasteiger partial charge is 0.127 e. The Morgan fingerprint density at radius 2 is 2.31 bits per heavy atom. The molecule has 1 aromatic rings. The summed E-state index contributed by atoms with van der Waals surface area (Å²) in [5.74, 6) is 1.47. The first-order valence-electron chi connectivity index (χ1n) is 5.78. The van der Waals surface area contributed by atoms with E-state index in [-0.39, 0.29) is 6.10 Å². The summed E-state index contributed by atoms with van der Waals surface area (Å²) in [5.41, 5.74) is 0. The van der Waals surface area contributed by atoms with Gasteiger partial charge in [0.15, 0.2) is 0 Å². The molecule has 0 aliphatic heterocycles. The number of pyridine rings is 1. The molecule has 0 spiro atoms. The molecule has 4 heteroatoms. The number of hydrogen-bond donors (Lipinski definition) is 2. The van der Waals surface area contributed by atoms with Gasteiger partial charge in [0.2, 0.25) is 0 Å². The Labute approximate surface area is 104 Å². The third kappa shape index (κ3) is 3.46. The topological polar surface area (TPSA) is 45.1 Å². The molecule has 1 aliphatic carbocycles. The molecule has 0 aromatic carbocycles. The number of rotatable bonds is 3. The minimum Gasteiger partial charge on any atom is -0.393 e. The van der Waals surface area contributed by atoms with Crippen LogP contribution in [0, 0.1) is 5.92 Å². The van der Waals surface area contributed by atoms with Crippen LogP contribution in [-0.4, -0.2) is 22.7 Å². The maximum atomic E-state index is 9.57. The third-order valence-corrected chi connectivity index (χ3v) is 3.48. The van der Waals surface area contributed by atoms with Gasteiger partial charge in [-0.15, -0.1) is 0 Å². The van der Waals surface area contributed by atoms with Crippen LogP contribution in [0.5, 0.6) is 0 Å². The van der Waals surface area contributed by atoms with Gasteiger partial charge in [0.1, 0.15) is 10.4 Å². The second kappa shape index (κ2) is 5.64. The third-order valence-electron chi connectivity index (χ3n) is 3.04. The fourth-order valence-electron chi connectivity index (χ4n) is 2.20. The quantitative estimate of drug-likeness (QED) is 0.839. The van der Waals surface area contributed by atoms with Crippen molar-refractivity contribution in [3.05, 3.63) is 22.8 Å². The molecular formula is C12H17BrN2O. The molecule has 3 nitrogen and oxygen atoms in total. The van der Waals surface area contributed by atoms with Crippen molar-refractivity contribution >= 4 is 21.7 Å². The Hall–Kier alpha value is -0.610. The molecule has 1 aliphatic rings. The van der Waals surface area contributed by atoms with Crippen LogP contribution in [-0.2, 0) is 0 Å². The van der Waals surface area contributed by atoms with E-state index >= 15 is 0 Å². The van der Waals surface area contributed by atoms with Crippen molar-refractivity contribution in [3.8, 4) is 0 Å². The molecule has 0 saturated heterocycles. The highest BCUT2D eigenvalue weighted by Gasteiger charge is 2.19. The molecule has 1 fully saturated rings. The number of aliphatic hydroxyl groups excluding tert-OH is 1. The number of nitrogens with one attached hydrogen (secondary N) is 1. The van der Waals surface area contributed by atoms with E-state index in [1.165, 1.54) is 6.42 Å². The van der Waals surface area contributed by atoms with Gasteiger partial charge in [-0.2, -0.15) is 0 Å². The van der Waals surface area contributed by atoms with Crippen molar-refractivity contribution in [1.82, 2.24) is 4.98 Å². The molecule has 2 N–H and O–H groups in total. The SMILES string of the molecule is OC1CCCC(CNc2cccc(Br)n2)C1. The van der Waals surface area contributed by atoms with Crippen LogP contribution in [0.2, 0.25) is 0 Å². The standard InChI is InChI=1S/C12H17BrN2O/c13-11-5-2-6-12(15-11)14-8-9-3-1-4-10(16)7-9/h2,5-6,9-10,16H,1,3-4,7-8H2,(H,14,15). The number of anilines is 1. The van der Waals surface area contributed by atoms with Gasteiger partial charge in [0, 0.05) is 6.54 Å². The zero-order chi connectivity index (χ0) is 11.4. The molecule has 1 aromatic heterocycles. The highest BCUT2D eigenvalue weighted by Crippen LogP contribution is 2.24. The lowest BCUT2D eigenvalue weighted by Crippen LogP contribution is -2.25. The van der Waals surface area contributed by atoms with E-state index in [1.54, 1.807) is 0 Å². The van der Waals surface area contributed by atoms with Crippen molar-refractivity contribution in [2.45, 2.75) is 31.8 Å². The van der Waals surface area contributed by atoms with E-state index in [1.807, 2.05) is 18.2 Å². The Morgan fingerprint density at radius 3 is 3.06 bits per heavy atom. The summed E-state index contributed by atoms with van der Waals surface area (Å²) in [6, 6.07) is 5.84. The molecule has 0 amide bonds. The van der Waals surface area contributed by atoms with Gasteiger partial charge in [-0.3, -0.25) is 0 Å². The van der Waals surface area contributed by atoms with Crippen LogP contribution < -0.4 is 5.32 Å². The predicted molar refractivity (Wildman–Crippen MR) is 68.4 cm³/mol. The largest absolute Gasteiger partial charge is 0.393 e. The Bertz CT molecular complexity index is 346. The van der Waals surface area contributed by atoms with Crippen LogP contribution >= 0.6 is 15.9 Å². The van der Waals surface area contributed by atoms with Crippen molar-refractivity contribution in [2.75, 3.05) is 11.9 Å². The molecule has 1 saturated carbocycles. The first-order valence-corrected chi connectivity index (χ1v) is 6.58. The van der Waals surface area contributed by atoms with E-state index < -0.39 is 0 Å². The summed E-state index contributed by atoms with van der Waals surface area (Å²) in [5, 5.41) is 12.9. The number of aromatic nitrogens is 1.